The molecule has 7 heteroatoms. The van der Waals surface area contributed by atoms with Crippen LogP contribution in [0, 0.1) is 6.92 Å². The molecule has 0 atom stereocenters. The highest BCUT2D eigenvalue weighted by atomic mass is 35.5. The first kappa shape index (κ1) is 22.0. The van der Waals surface area contributed by atoms with Gasteiger partial charge in [0.25, 0.3) is 5.91 Å². The molecule has 0 saturated heterocycles. The molecule has 4 rings (SSSR count). The van der Waals surface area contributed by atoms with Gasteiger partial charge in [0.05, 0.1) is 34.5 Å². The number of nitrogens with zero attached hydrogens (tertiary/aromatic N) is 1. The van der Waals surface area contributed by atoms with Crippen molar-refractivity contribution in [2.45, 2.75) is 20.3 Å². The monoisotopic (exact) mass is 464 g/mol. The number of rotatable bonds is 5. The summed E-state index contributed by atoms with van der Waals surface area (Å²) in [6, 6.07) is 16.7. The minimum atomic E-state index is -0.487. The van der Waals surface area contributed by atoms with Gasteiger partial charge in [-0.1, -0.05) is 54.9 Å². The number of pyridine rings is 1. The summed E-state index contributed by atoms with van der Waals surface area (Å²) in [4.78, 5) is 31.4. The molecular weight excluding hydrogens is 444 g/mol. The molecule has 0 saturated carbocycles. The van der Waals surface area contributed by atoms with E-state index in [2.05, 4.69) is 5.32 Å². The molecule has 0 aliphatic rings. The summed E-state index contributed by atoms with van der Waals surface area (Å²) >= 11 is 7.81. The standard InChI is InChI=1S/C25H21ClN2O3S/c1-4-15-12-19(25(30)31-3)24(32-15)28-23(29)18-13-21(16-9-6-5-8-14(16)2)27-22-17(18)10-7-11-20(22)26/h5-13H,4H2,1-3H3,(H,28,29). The normalized spacial score (nSPS) is 10.9. The average Bonchev–Trinajstić information content (AvgIpc) is 3.21. The van der Waals surface area contributed by atoms with E-state index < -0.39 is 5.97 Å². The van der Waals surface area contributed by atoms with Crippen molar-refractivity contribution in [3.05, 3.63) is 81.2 Å². The van der Waals surface area contributed by atoms with Gasteiger partial charge in [0.1, 0.15) is 5.00 Å². The molecule has 32 heavy (non-hydrogen) atoms. The van der Waals surface area contributed by atoms with Gasteiger partial charge in [-0.3, -0.25) is 4.79 Å². The van der Waals surface area contributed by atoms with Gasteiger partial charge in [0, 0.05) is 15.8 Å². The third kappa shape index (κ3) is 4.11. The van der Waals surface area contributed by atoms with E-state index in [1.54, 1.807) is 24.3 Å². The number of benzene rings is 2. The maximum Gasteiger partial charge on any atom is 0.340 e. The van der Waals surface area contributed by atoms with Gasteiger partial charge in [0.2, 0.25) is 0 Å². The molecule has 2 aromatic carbocycles. The molecule has 0 spiro atoms. The third-order valence-electron chi connectivity index (χ3n) is 5.22. The maximum absolute atomic E-state index is 13.4. The molecule has 2 aromatic heterocycles. The summed E-state index contributed by atoms with van der Waals surface area (Å²) < 4.78 is 4.89. The van der Waals surface area contributed by atoms with E-state index in [1.165, 1.54) is 18.4 Å². The number of carbonyl (C=O) groups excluding carboxylic acids is 2. The van der Waals surface area contributed by atoms with E-state index in [0.717, 1.165) is 22.4 Å². The summed E-state index contributed by atoms with van der Waals surface area (Å²) in [5, 5.41) is 4.47. The SMILES string of the molecule is CCc1cc(C(=O)OC)c(NC(=O)c2cc(-c3ccccc3C)nc3c(Cl)cccc23)s1. The number of aryl methyl sites for hydroxylation is 2. The lowest BCUT2D eigenvalue weighted by Crippen LogP contribution is -2.15. The Hall–Kier alpha value is -3.22. The zero-order valence-electron chi connectivity index (χ0n) is 17.9. The fourth-order valence-electron chi connectivity index (χ4n) is 3.54. The fraction of sp³-hybridized carbons (Fsp3) is 0.160. The van der Waals surface area contributed by atoms with E-state index in [4.69, 9.17) is 21.3 Å². The highest BCUT2D eigenvalue weighted by molar-refractivity contribution is 7.16. The van der Waals surface area contributed by atoms with Gasteiger partial charge in [-0.2, -0.15) is 0 Å². The number of anilines is 1. The number of aromatic nitrogens is 1. The molecule has 0 fully saturated rings. The lowest BCUT2D eigenvalue weighted by molar-refractivity contribution is 0.0602. The molecule has 0 bridgehead atoms. The minimum absolute atomic E-state index is 0.343. The first-order chi connectivity index (χ1) is 15.4. The average molecular weight is 465 g/mol. The second kappa shape index (κ2) is 9.10. The number of amides is 1. The Kier molecular flexibility index (Phi) is 6.26. The van der Waals surface area contributed by atoms with E-state index in [-0.39, 0.29) is 5.91 Å². The Morgan fingerprint density at radius 3 is 2.59 bits per heavy atom. The van der Waals surface area contributed by atoms with Crippen LogP contribution in [-0.2, 0) is 11.2 Å². The zero-order chi connectivity index (χ0) is 22.8. The number of esters is 1. The first-order valence-electron chi connectivity index (χ1n) is 10.1. The number of thiophene rings is 1. The largest absolute Gasteiger partial charge is 0.465 e. The van der Waals surface area contributed by atoms with Crippen molar-refractivity contribution < 1.29 is 14.3 Å². The maximum atomic E-state index is 13.4. The highest BCUT2D eigenvalue weighted by Gasteiger charge is 2.21. The first-order valence-corrected chi connectivity index (χ1v) is 11.3. The second-order valence-corrected chi connectivity index (χ2v) is 8.80. The van der Waals surface area contributed by atoms with Crippen LogP contribution in [0.5, 0.6) is 0 Å². The Labute approximate surface area is 195 Å². The van der Waals surface area contributed by atoms with Crippen LogP contribution >= 0.6 is 22.9 Å². The lowest BCUT2D eigenvalue weighted by atomic mass is 10.0. The number of carbonyl (C=O) groups is 2. The second-order valence-electron chi connectivity index (χ2n) is 7.26. The number of hydrogen-bond donors (Lipinski definition) is 1. The highest BCUT2D eigenvalue weighted by Crippen LogP contribution is 2.33. The van der Waals surface area contributed by atoms with E-state index in [9.17, 15) is 9.59 Å². The van der Waals surface area contributed by atoms with Crippen molar-refractivity contribution in [2.75, 3.05) is 12.4 Å². The molecule has 0 radical (unpaired) electrons. The van der Waals surface area contributed by atoms with Crippen LogP contribution in [-0.4, -0.2) is 24.0 Å². The molecule has 0 aliphatic heterocycles. The van der Waals surface area contributed by atoms with Gasteiger partial charge >= 0.3 is 5.97 Å². The molecule has 5 nitrogen and oxygen atoms in total. The number of nitrogens with one attached hydrogen (secondary N) is 1. The summed E-state index contributed by atoms with van der Waals surface area (Å²) in [5.74, 6) is -0.830. The molecule has 0 aliphatic carbocycles. The Bertz CT molecular complexity index is 1350. The Morgan fingerprint density at radius 2 is 1.88 bits per heavy atom. The van der Waals surface area contributed by atoms with Crippen LogP contribution in [0.1, 0.15) is 38.1 Å². The van der Waals surface area contributed by atoms with E-state index in [1.807, 2.05) is 44.2 Å². The van der Waals surface area contributed by atoms with Crippen LogP contribution in [0.2, 0.25) is 5.02 Å². The molecular formula is C25H21ClN2O3S. The third-order valence-corrected chi connectivity index (χ3v) is 6.72. The summed E-state index contributed by atoms with van der Waals surface area (Å²) in [6.07, 6.45) is 0.746. The van der Waals surface area contributed by atoms with Gasteiger partial charge in [-0.15, -0.1) is 11.3 Å². The van der Waals surface area contributed by atoms with Crippen molar-refractivity contribution in [1.29, 1.82) is 0 Å². The number of methoxy groups -OCH3 is 1. The van der Waals surface area contributed by atoms with Crippen molar-refractivity contribution in [3.63, 3.8) is 0 Å². The van der Waals surface area contributed by atoms with Crippen LogP contribution in [0.3, 0.4) is 0 Å². The van der Waals surface area contributed by atoms with Crippen molar-refractivity contribution in [1.82, 2.24) is 4.98 Å². The molecule has 162 valence electrons. The summed E-state index contributed by atoms with van der Waals surface area (Å²) in [6.45, 7) is 3.99. The number of ether oxygens (including phenoxy) is 1. The number of halogens is 1. The Balaban J connectivity index is 1.85. The van der Waals surface area contributed by atoms with Crippen molar-refractivity contribution >= 4 is 50.7 Å². The minimum Gasteiger partial charge on any atom is -0.465 e. The van der Waals surface area contributed by atoms with Crippen LogP contribution in [0.4, 0.5) is 5.00 Å². The van der Waals surface area contributed by atoms with E-state index in [0.29, 0.717) is 37.7 Å². The van der Waals surface area contributed by atoms with Gasteiger partial charge in [-0.25, -0.2) is 9.78 Å². The number of fused-ring (bicyclic) bond motifs is 1. The lowest BCUT2D eigenvalue weighted by Gasteiger charge is -2.12. The summed E-state index contributed by atoms with van der Waals surface area (Å²) in [7, 11) is 1.32. The smallest absolute Gasteiger partial charge is 0.340 e. The van der Waals surface area contributed by atoms with Crippen LogP contribution < -0.4 is 5.32 Å². The molecule has 4 aromatic rings. The predicted octanol–water partition coefficient (Wildman–Crippen LogP) is 6.53. The van der Waals surface area contributed by atoms with Gasteiger partial charge < -0.3 is 10.1 Å². The molecule has 1 N–H and O–H groups in total. The van der Waals surface area contributed by atoms with Crippen LogP contribution in [0.25, 0.3) is 22.2 Å². The Morgan fingerprint density at radius 1 is 1.09 bits per heavy atom. The molecule has 1 amide bonds. The topological polar surface area (TPSA) is 68.3 Å². The quantitative estimate of drug-likeness (QED) is 0.341. The van der Waals surface area contributed by atoms with E-state index >= 15 is 0 Å². The number of para-hydroxylation sites is 1. The van der Waals surface area contributed by atoms with Crippen molar-refractivity contribution in [3.8, 4) is 11.3 Å². The number of hydrogen-bond acceptors (Lipinski definition) is 5. The summed E-state index contributed by atoms with van der Waals surface area (Å²) in [5.41, 5.74) is 3.94. The van der Waals surface area contributed by atoms with Gasteiger partial charge in [0.15, 0.2) is 0 Å². The molecule has 0 unspecified atom stereocenters. The zero-order valence-corrected chi connectivity index (χ0v) is 19.4. The van der Waals surface area contributed by atoms with Crippen LogP contribution in [0.15, 0.2) is 54.6 Å². The van der Waals surface area contributed by atoms with Crippen molar-refractivity contribution in [2.24, 2.45) is 0 Å². The fourth-order valence-corrected chi connectivity index (χ4v) is 4.74. The van der Waals surface area contributed by atoms with Gasteiger partial charge in [-0.05, 0) is 37.1 Å². The molecule has 2 heterocycles. The predicted molar refractivity (Wildman–Crippen MR) is 130 cm³/mol.